The van der Waals surface area contributed by atoms with Crippen LogP contribution in [0, 0.1) is 11.8 Å². The van der Waals surface area contributed by atoms with E-state index in [4.69, 9.17) is 0 Å². The minimum absolute atomic E-state index is 0.00296. The number of rotatable bonds is 4. The van der Waals surface area contributed by atoms with E-state index in [1.54, 1.807) is 6.20 Å². The third-order valence-corrected chi connectivity index (χ3v) is 4.01. The Kier molecular flexibility index (Phi) is 4.34. The van der Waals surface area contributed by atoms with Gasteiger partial charge in [0.05, 0.1) is 11.7 Å². The van der Waals surface area contributed by atoms with E-state index in [-0.39, 0.29) is 17.9 Å². The van der Waals surface area contributed by atoms with Gasteiger partial charge < -0.3 is 5.32 Å². The molecule has 1 aliphatic carbocycles. The van der Waals surface area contributed by atoms with Crippen molar-refractivity contribution in [3.05, 3.63) is 30.1 Å². The molecule has 0 radical (unpaired) electrons. The zero-order valence-electron chi connectivity index (χ0n) is 11.2. The molecule has 18 heavy (non-hydrogen) atoms. The largest absolute Gasteiger partial charge is 0.348 e. The summed E-state index contributed by atoms with van der Waals surface area (Å²) in [7, 11) is 0. The fourth-order valence-electron chi connectivity index (χ4n) is 2.90. The summed E-state index contributed by atoms with van der Waals surface area (Å²) in [6.45, 7) is 4.18. The van der Waals surface area contributed by atoms with Crippen LogP contribution >= 0.6 is 0 Å². The first kappa shape index (κ1) is 13.1. The monoisotopic (exact) mass is 246 g/mol. The SMILES string of the molecule is CCC1CCCC1C(=O)N[C@@H](C)c1ccccn1. The predicted octanol–water partition coefficient (Wildman–Crippen LogP) is 3.09. The molecular formula is C15H22N2O. The minimum atomic E-state index is -0.00296. The van der Waals surface area contributed by atoms with Gasteiger partial charge in [0.2, 0.25) is 5.91 Å². The van der Waals surface area contributed by atoms with E-state index in [0.717, 1.165) is 18.5 Å². The smallest absolute Gasteiger partial charge is 0.223 e. The van der Waals surface area contributed by atoms with Crippen LogP contribution in [0.15, 0.2) is 24.4 Å². The van der Waals surface area contributed by atoms with Crippen molar-refractivity contribution in [1.82, 2.24) is 10.3 Å². The minimum Gasteiger partial charge on any atom is -0.348 e. The van der Waals surface area contributed by atoms with Gasteiger partial charge in [0, 0.05) is 12.1 Å². The third-order valence-electron chi connectivity index (χ3n) is 4.01. The van der Waals surface area contributed by atoms with Crippen LogP contribution in [-0.2, 0) is 4.79 Å². The Hall–Kier alpha value is -1.38. The summed E-state index contributed by atoms with van der Waals surface area (Å²) < 4.78 is 0. The van der Waals surface area contributed by atoms with E-state index in [2.05, 4.69) is 17.2 Å². The molecule has 1 saturated carbocycles. The highest BCUT2D eigenvalue weighted by Gasteiger charge is 2.32. The summed E-state index contributed by atoms with van der Waals surface area (Å²) in [6, 6.07) is 5.80. The average molecular weight is 246 g/mol. The fraction of sp³-hybridized carbons (Fsp3) is 0.600. The first-order valence-electron chi connectivity index (χ1n) is 6.93. The van der Waals surface area contributed by atoms with E-state index in [9.17, 15) is 4.79 Å². The first-order chi connectivity index (χ1) is 8.72. The van der Waals surface area contributed by atoms with Gasteiger partial charge >= 0.3 is 0 Å². The number of carbonyl (C=O) groups excluding carboxylic acids is 1. The molecule has 0 spiro atoms. The van der Waals surface area contributed by atoms with E-state index >= 15 is 0 Å². The van der Waals surface area contributed by atoms with Crippen molar-refractivity contribution in [2.45, 2.75) is 45.6 Å². The van der Waals surface area contributed by atoms with Gasteiger partial charge in [-0.15, -0.1) is 0 Å². The lowest BCUT2D eigenvalue weighted by atomic mass is 9.92. The molecule has 0 bridgehead atoms. The van der Waals surface area contributed by atoms with Gasteiger partial charge in [-0.2, -0.15) is 0 Å². The second kappa shape index (κ2) is 5.98. The Morgan fingerprint density at radius 1 is 1.50 bits per heavy atom. The normalized spacial score (nSPS) is 24.8. The van der Waals surface area contributed by atoms with E-state index in [1.807, 2.05) is 25.1 Å². The zero-order valence-corrected chi connectivity index (χ0v) is 11.2. The lowest BCUT2D eigenvalue weighted by Crippen LogP contribution is -2.34. The van der Waals surface area contributed by atoms with Gasteiger partial charge in [-0.05, 0) is 37.8 Å². The molecule has 3 nitrogen and oxygen atoms in total. The van der Waals surface area contributed by atoms with Crippen molar-refractivity contribution in [3.8, 4) is 0 Å². The Bertz CT molecular complexity index is 391. The van der Waals surface area contributed by atoms with Crippen LogP contribution in [0.1, 0.15) is 51.3 Å². The standard InChI is InChI=1S/C15H22N2O/c1-3-12-7-6-8-13(12)15(18)17-11(2)14-9-4-5-10-16-14/h4-5,9-13H,3,6-8H2,1-2H3,(H,17,18)/t11-,12?,13?/m0/s1. The molecule has 1 heterocycles. The number of hydrogen-bond donors (Lipinski definition) is 1. The van der Waals surface area contributed by atoms with Gasteiger partial charge in [-0.25, -0.2) is 0 Å². The molecule has 3 heteroatoms. The Morgan fingerprint density at radius 3 is 3.00 bits per heavy atom. The van der Waals surface area contributed by atoms with Gasteiger partial charge in [0.1, 0.15) is 0 Å². The highest BCUT2D eigenvalue weighted by Crippen LogP contribution is 2.34. The Balaban J connectivity index is 1.95. The summed E-state index contributed by atoms with van der Waals surface area (Å²) in [6.07, 6.45) is 6.30. The molecule has 0 saturated heterocycles. The molecule has 3 atom stereocenters. The van der Waals surface area contributed by atoms with Gasteiger partial charge in [-0.1, -0.05) is 25.8 Å². The molecule has 1 amide bonds. The molecule has 0 aliphatic heterocycles. The van der Waals surface area contributed by atoms with Crippen LogP contribution in [0.4, 0.5) is 0 Å². The van der Waals surface area contributed by atoms with E-state index in [0.29, 0.717) is 5.92 Å². The van der Waals surface area contributed by atoms with Gasteiger partial charge in [-0.3, -0.25) is 9.78 Å². The highest BCUT2D eigenvalue weighted by molar-refractivity contribution is 5.79. The van der Waals surface area contributed by atoms with E-state index < -0.39 is 0 Å². The maximum atomic E-state index is 12.3. The zero-order chi connectivity index (χ0) is 13.0. The summed E-state index contributed by atoms with van der Waals surface area (Å²) in [5.74, 6) is 0.986. The maximum Gasteiger partial charge on any atom is 0.223 e. The molecule has 1 aromatic heterocycles. The number of nitrogens with zero attached hydrogens (tertiary/aromatic N) is 1. The Labute approximate surface area is 109 Å². The molecule has 1 fully saturated rings. The molecule has 2 rings (SSSR count). The van der Waals surface area contributed by atoms with Crippen molar-refractivity contribution >= 4 is 5.91 Å². The number of aromatic nitrogens is 1. The molecule has 1 N–H and O–H groups in total. The molecular weight excluding hydrogens is 224 g/mol. The van der Waals surface area contributed by atoms with Crippen molar-refractivity contribution in [3.63, 3.8) is 0 Å². The molecule has 2 unspecified atom stereocenters. The summed E-state index contributed by atoms with van der Waals surface area (Å²) in [5, 5.41) is 3.10. The molecule has 0 aromatic carbocycles. The topological polar surface area (TPSA) is 42.0 Å². The van der Waals surface area contributed by atoms with Crippen molar-refractivity contribution < 1.29 is 4.79 Å². The predicted molar refractivity (Wildman–Crippen MR) is 71.9 cm³/mol. The number of hydrogen-bond acceptors (Lipinski definition) is 2. The van der Waals surface area contributed by atoms with Gasteiger partial charge in [0.15, 0.2) is 0 Å². The van der Waals surface area contributed by atoms with Crippen LogP contribution in [-0.4, -0.2) is 10.9 Å². The summed E-state index contributed by atoms with van der Waals surface area (Å²) in [5.41, 5.74) is 0.928. The molecule has 1 aromatic rings. The summed E-state index contributed by atoms with van der Waals surface area (Å²) in [4.78, 5) is 16.5. The molecule has 98 valence electrons. The lowest BCUT2D eigenvalue weighted by molar-refractivity contribution is -0.126. The van der Waals surface area contributed by atoms with Gasteiger partial charge in [0.25, 0.3) is 0 Å². The van der Waals surface area contributed by atoms with Crippen molar-refractivity contribution in [2.75, 3.05) is 0 Å². The van der Waals surface area contributed by atoms with Crippen molar-refractivity contribution in [2.24, 2.45) is 11.8 Å². The quantitative estimate of drug-likeness (QED) is 0.887. The molecule has 1 aliphatic rings. The Morgan fingerprint density at radius 2 is 2.33 bits per heavy atom. The number of nitrogens with one attached hydrogen (secondary N) is 1. The maximum absolute atomic E-state index is 12.3. The van der Waals surface area contributed by atoms with Crippen LogP contribution in [0.3, 0.4) is 0 Å². The highest BCUT2D eigenvalue weighted by atomic mass is 16.2. The number of carbonyl (C=O) groups is 1. The second-order valence-electron chi connectivity index (χ2n) is 5.19. The number of amides is 1. The first-order valence-corrected chi connectivity index (χ1v) is 6.93. The van der Waals surface area contributed by atoms with E-state index in [1.165, 1.54) is 12.8 Å². The fourth-order valence-corrected chi connectivity index (χ4v) is 2.90. The summed E-state index contributed by atoms with van der Waals surface area (Å²) >= 11 is 0. The van der Waals surface area contributed by atoms with Crippen LogP contribution in [0.25, 0.3) is 0 Å². The van der Waals surface area contributed by atoms with Crippen LogP contribution in [0.2, 0.25) is 0 Å². The van der Waals surface area contributed by atoms with Crippen LogP contribution < -0.4 is 5.32 Å². The third kappa shape index (κ3) is 2.89. The van der Waals surface area contributed by atoms with Crippen LogP contribution in [0.5, 0.6) is 0 Å². The second-order valence-corrected chi connectivity index (χ2v) is 5.19. The lowest BCUT2D eigenvalue weighted by Gasteiger charge is -2.20. The van der Waals surface area contributed by atoms with Crippen molar-refractivity contribution in [1.29, 1.82) is 0 Å². The average Bonchev–Trinajstić information content (AvgIpc) is 2.88. The number of pyridine rings is 1.